The van der Waals surface area contributed by atoms with Gasteiger partial charge in [-0.15, -0.1) is 0 Å². The van der Waals surface area contributed by atoms with Gasteiger partial charge in [0.2, 0.25) is 11.2 Å². The highest BCUT2D eigenvalue weighted by Crippen LogP contribution is 2.50. The Morgan fingerprint density at radius 3 is 2.81 bits per heavy atom. The molecule has 2 aromatic rings. The molecule has 4 rings (SSSR count). The van der Waals surface area contributed by atoms with Gasteiger partial charge >= 0.3 is 0 Å². The highest BCUT2D eigenvalue weighted by molar-refractivity contribution is 6.02. The van der Waals surface area contributed by atoms with E-state index in [4.69, 9.17) is 9.41 Å². The first-order chi connectivity index (χ1) is 12.3. The molecule has 0 amide bonds. The molecule has 26 heavy (non-hydrogen) atoms. The summed E-state index contributed by atoms with van der Waals surface area (Å²) in [6.07, 6.45) is 6.01. The fraction of sp³-hybridized carbons (Fsp3) is 0.455. The van der Waals surface area contributed by atoms with Crippen LogP contribution in [0.5, 0.6) is 5.75 Å². The lowest BCUT2D eigenvalue weighted by Crippen LogP contribution is -2.38. The number of nitrogens with zero attached hydrogens (tertiary/aromatic N) is 1. The molecule has 1 fully saturated rings. The van der Waals surface area contributed by atoms with Crippen LogP contribution in [0.2, 0.25) is 0 Å². The molecular formula is C22H25NO3. The van der Waals surface area contributed by atoms with Gasteiger partial charge in [-0.25, -0.2) is 0 Å². The van der Waals surface area contributed by atoms with Gasteiger partial charge in [0.05, 0.1) is 12.0 Å². The van der Waals surface area contributed by atoms with Crippen LogP contribution >= 0.6 is 0 Å². The second-order valence-corrected chi connectivity index (χ2v) is 8.56. The number of aliphatic imine (C=N–C) groups is 1. The Hall–Kier alpha value is -2.36. The van der Waals surface area contributed by atoms with Crippen molar-refractivity contribution in [2.75, 3.05) is 0 Å². The number of fused-ring (bicyclic) bond motifs is 3. The van der Waals surface area contributed by atoms with Gasteiger partial charge in [-0.05, 0) is 41.9 Å². The molecule has 4 heteroatoms. The van der Waals surface area contributed by atoms with Gasteiger partial charge in [0.15, 0.2) is 5.76 Å². The Bertz CT molecular complexity index is 949. The quantitative estimate of drug-likeness (QED) is 0.846. The maximum absolute atomic E-state index is 11.9. The summed E-state index contributed by atoms with van der Waals surface area (Å²) in [6, 6.07) is 7.81. The summed E-state index contributed by atoms with van der Waals surface area (Å²) in [4.78, 5) is 16.8. The van der Waals surface area contributed by atoms with E-state index in [0.717, 1.165) is 37.1 Å². The number of rotatable bonds is 2. The highest BCUT2D eigenvalue weighted by Gasteiger charge is 2.46. The van der Waals surface area contributed by atoms with Crippen molar-refractivity contribution in [3.8, 4) is 5.75 Å². The zero-order valence-electron chi connectivity index (χ0n) is 15.6. The highest BCUT2D eigenvalue weighted by atomic mass is 16.4. The monoisotopic (exact) mass is 351 g/mol. The molecule has 0 unspecified atom stereocenters. The largest absolute Gasteiger partial charge is 0.502 e. The van der Waals surface area contributed by atoms with Crippen LogP contribution in [0.1, 0.15) is 63.3 Å². The Labute approximate surface area is 153 Å². The van der Waals surface area contributed by atoms with Gasteiger partial charge in [0, 0.05) is 23.6 Å². The Morgan fingerprint density at radius 2 is 2.04 bits per heavy atom. The van der Waals surface area contributed by atoms with Crippen molar-refractivity contribution in [2.24, 2.45) is 4.99 Å². The molecule has 2 aliphatic rings. The average Bonchev–Trinajstić information content (AvgIpc) is 2.92. The summed E-state index contributed by atoms with van der Waals surface area (Å²) in [5.41, 5.74) is 4.06. The number of hydrogen-bond acceptors (Lipinski definition) is 4. The lowest BCUT2D eigenvalue weighted by molar-refractivity contribution is 0.362. The fourth-order valence-electron chi connectivity index (χ4n) is 4.32. The van der Waals surface area contributed by atoms with Crippen molar-refractivity contribution in [3.63, 3.8) is 0 Å². The molecular weight excluding hydrogens is 326 g/mol. The van der Waals surface area contributed by atoms with Crippen molar-refractivity contribution in [1.29, 1.82) is 0 Å². The predicted molar refractivity (Wildman–Crippen MR) is 103 cm³/mol. The van der Waals surface area contributed by atoms with Gasteiger partial charge in [0.1, 0.15) is 0 Å². The third-order valence-corrected chi connectivity index (χ3v) is 5.84. The summed E-state index contributed by atoms with van der Waals surface area (Å²) in [6.45, 7) is 6.63. The second-order valence-electron chi connectivity index (χ2n) is 8.56. The Kier molecular flexibility index (Phi) is 3.83. The van der Waals surface area contributed by atoms with Crippen LogP contribution in [0.4, 0.5) is 5.69 Å². The van der Waals surface area contributed by atoms with E-state index >= 15 is 0 Å². The molecule has 1 saturated carbocycles. The molecule has 0 radical (unpaired) electrons. The van der Waals surface area contributed by atoms with E-state index in [9.17, 15) is 9.90 Å². The first-order valence-electron chi connectivity index (χ1n) is 9.34. The molecule has 0 saturated heterocycles. The van der Waals surface area contributed by atoms with Crippen molar-refractivity contribution in [1.82, 2.24) is 0 Å². The smallest absolute Gasteiger partial charge is 0.226 e. The minimum atomic E-state index is -0.390. The van der Waals surface area contributed by atoms with Crippen molar-refractivity contribution in [3.05, 3.63) is 57.6 Å². The minimum absolute atomic E-state index is 0.0507. The maximum Gasteiger partial charge on any atom is 0.226 e. The van der Waals surface area contributed by atoms with Gasteiger partial charge < -0.3 is 9.52 Å². The lowest BCUT2D eigenvalue weighted by atomic mass is 9.66. The summed E-state index contributed by atoms with van der Waals surface area (Å²) in [5.74, 6) is 0.0911. The topological polar surface area (TPSA) is 62.8 Å². The first-order valence-corrected chi connectivity index (χ1v) is 9.34. The third-order valence-electron chi connectivity index (χ3n) is 5.84. The van der Waals surface area contributed by atoms with Crippen LogP contribution in [0.25, 0.3) is 0 Å². The Morgan fingerprint density at radius 1 is 1.23 bits per heavy atom. The maximum atomic E-state index is 11.9. The van der Waals surface area contributed by atoms with E-state index in [1.165, 1.54) is 23.5 Å². The molecule has 4 nitrogen and oxygen atoms in total. The minimum Gasteiger partial charge on any atom is -0.502 e. The predicted octanol–water partition coefficient (Wildman–Crippen LogP) is 4.78. The standard InChI is InChI=1S/C22H25NO3/c1-21(2,3)14-7-8-16-15(12-14)22(10-5-4-6-19(22)23-16)13-18-20(25)17(24)9-11-26-18/h7-9,11-12,25H,4-6,10,13H2,1-3H3/t22-/m1/s1. The number of aromatic hydroxyl groups is 1. The molecule has 0 spiro atoms. The van der Waals surface area contributed by atoms with Gasteiger partial charge in [-0.2, -0.15) is 0 Å². The summed E-state index contributed by atoms with van der Waals surface area (Å²) >= 11 is 0. The normalized spacial score (nSPS) is 21.9. The Balaban J connectivity index is 1.86. The SMILES string of the molecule is CC(C)(C)c1ccc2c(c1)[C@]1(Cc3occc(=O)c3O)CCCCC1=N2. The molecule has 1 atom stereocenters. The van der Waals surface area contributed by atoms with E-state index in [2.05, 4.69) is 39.0 Å². The van der Waals surface area contributed by atoms with Crippen LogP contribution < -0.4 is 5.43 Å². The fourth-order valence-corrected chi connectivity index (χ4v) is 4.32. The zero-order chi connectivity index (χ0) is 18.5. The third kappa shape index (κ3) is 2.59. The van der Waals surface area contributed by atoms with E-state index in [-0.39, 0.29) is 16.6 Å². The van der Waals surface area contributed by atoms with Crippen molar-refractivity contribution < 1.29 is 9.52 Å². The van der Waals surface area contributed by atoms with Crippen LogP contribution in [0.15, 0.2) is 44.7 Å². The van der Waals surface area contributed by atoms with E-state index in [1.807, 2.05) is 0 Å². The van der Waals surface area contributed by atoms with Crippen molar-refractivity contribution >= 4 is 11.4 Å². The molecule has 136 valence electrons. The van der Waals surface area contributed by atoms with E-state index in [0.29, 0.717) is 12.2 Å². The summed E-state index contributed by atoms with van der Waals surface area (Å²) < 4.78 is 5.55. The number of hydrogen-bond donors (Lipinski definition) is 1. The zero-order valence-corrected chi connectivity index (χ0v) is 15.6. The molecule has 1 aliphatic carbocycles. The van der Waals surface area contributed by atoms with Crippen molar-refractivity contribution in [2.45, 2.75) is 63.7 Å². The summed E-state index contributed by atoms with van der Waals surface area (Å²) in [7, 11) is 0. The lowest BCUT2D eigenvalue weighted by Gasteiger charge is -2.36. The van der Waals surface area contributed by atoms with Gasteiger partial charge in [-0.1, -0.05) is 39.3 Å². The molecule has 1 aromatic carbocycles. The first kappa shape index (κ1) is 17.1. The molecule has 1 N–H and O–H groups in total. The molecule has 1 aliphatic heterocycles. The van der Waals surface area contributed by atoms with E-state index < -0.39 is 5.43 Å². The summed E-state index contributed by atoms with van der Waals surface area (Å²) in [5, 5.41) is 10.2. The van der Waals surface area contributed by atoms with Crippen LogP contribution in [0, 0.1) is 0 Å². The second kappa shape index (κ2) is 5.83. The molecule has 0 bridgehead atoms. The van der Waals surface area contributed by atoms with Crippen LogP contribution in [-0.2, 0) is 17.3 Å². The van der Waals surface area contributed by atoms with E-state index in [1.54, 1.807) is 0 Å². The van der Waals surface area contributed by atoms with Crippen LogP contribution in [-0.4, -0.2) is 10.8 Å². The molecule has 2 heterocycles. The van der Waals surface area contributed by atoms with Gasteiger partial charge in [-0.3, -0.25) is 9.79 Å². The number of benzene rings is 1. The van der Waals surface area contributed by atoms with Crippen LogP contribution in [0.3, 0.4) is 0 Å². The van der Waals surface area contributed by atoms with Gasteiger partial charge in [0.25, 0.3) is 0 Å². The molecule has 1 aromatic heterocycles. The average molecular weight is 351 g/mol.